The van der Waals surface area contributed by atoms with Crippen molar-refractivity contribution in [3.05, 3.63) is 193 Å². The van der Waals surface area contributed by atoms with Gasteiger partial charge >= 0.3 is 0 Å². The van der Waals surface area contributed by atoms with Crippen molar-refractivity contribution in [2.75, 3.05) is 14.7 Å². The summed E-state index contributed by atoms with van der Waals surface area (Å²) < 4.78 is 6.79. The molecule has 56 heavy (non-hydrogen) atoms. The molecular formula is C51H40BN3O. The van der Waals surface area contributed by atoms with Gasteiger partial charge in [-0.25, -0.2) is 0 Å². The Morgan fingerprint density at radius 1 is 0.571 bits per heavy atom. The standard InChI is InChI=1S/C51H40BN3O/c1-34(2)35-28-30-38(31-29-35)53(46-26-15-21-41-40-20-9-14-27-49(40)56-51(41)46)39-32-47-50-48(33-39)55(37-18-7-4-8-19-37)45-25-13-11-23-43(45)52(50)42-22-10-12-24-44(42)54(47)36-16-5-3-6-17-36/h3-10,12,14-34H,11,13H2,1-2H3. The fourth-order valence-corrected chi connectivity index (χ4v) is 9.30. The number of nitrogens with zero attached hydrogens (tertiary/aromatic N) is 3. The second kappa shape index (κ2) is 13.0. The highest BCUT2D eigenvalue weighted by Crippen LogP contribution is 2.50. The number of rotatable bonds is 6. The summed E-state index contributed by atoms with van der Waals surface area (Å²) in [5.41, 5.74) is 17.4. The summed E-state index contributed by atoms with van der Waals surface area (Å²) in [6.45, 7) is 4.60. The lowest BCUT2D eigenvalue weighted by Crippen LogP contribution is -2.57. The maximum Gasteiger partial charge on any atom is 0.251 e. The predicted molar refractivity (Wildman–Crippen MR) is 236 cm³/mol. The molecule has 0 saturated carbocycles. The summed E-state index contributed by atoms with van der Waals surface area (Å²) in [5.74, 6) is 0.423. The first-order chi connectivity index (χ1) is 27.6. The van der Waals surface area contributed by atoms with Crippen molar-refractivity contribution in [1.29, 1.82) is 0 Å². The van der Waals surface area contributed by atoms with Crippen LogP contribution in [0.3, 0.4) is 0 Å². The number of para-hydroxylation sites is 5. The first-order valence-electron chi connectivity index (χ1n) is 19.8. The first-order valence-corrected chi connectivity index (χ1v) is 19.8. The maximum atomic E-state index is 6.79. The van der Waals surface area contributed by atoms with Gasteiger partial charge < -0.3 is 19.1 Å². The number of benzene rings is 7. The normalized spacial score (nSPS) is 14.4. The van der Waals surface area contributed by atoms with Gasteiger partial charge in [0.2, 0.25) is 0 Å². The Labute approximate surface area is 328 Å². The van der Waals surface area contributed by atoms with Gasteiger partial charge in [-0.15, -0.1) is 0 Å². The lowest BCUT2D eigenvalue weighted by Gasteiger charge is -2.46. The minimum absolute atomic E-state index is 0.0919. The van der Waals surface area contributed by atoms with Gasteiger partial charge in [0.25, 0.3) is 6.71 Å². The molecule has 1 aromatic heterocycles. The van der Waals surface area contributed by atoms with E-state index in [1.165, 1.54) is 44.7 Å². The number of allylic oxidation sites excluding steroid dienone is 3. The number of fused-ring (bicyclic) bond motifs is 7. The van der Waals surface area contributed by atoms with Crippen molar-refractivity contribution in [3.8, 4) is 0 Å². The van der Waals surface area contributed by atoms with E-state index in [0.717, 1.165) is 63.2 Å². The van der Waals surface area contributed by atoms with Crippen LogP contribution in [0.4, 0.5) is 45.5 Å². The Bertz CT molecular complexity index is 2860. The molecule has 268 valence electrons. The molecule has 0 atom stereocenters. The molecule has 0 bridgehead atoms. The van der Waals surface area contributed by atoms with Crippen molar-refractivity contribution in [3.63, 3.8) is 0 Å². The molecule has 2 aliphatic heterocycles. The highest BCUT2D eigenvalue weighted by molar-refractivity contribution is 6.96. The molecule has 0 unspecified atom stereocenters. The van der Waals surface area contributed by atoms with E-state index in [2.05, 4.69) is 198 Å². The van der Waals surface area contributed by atoms with Crippen LogP contribution in [0.15, 0.2) is 192 Å². The van der Waals surface area contributed by atoms with E-state index < -0.39 is 0 Å². The predicted octanol–water partition coefficient (Wildman–Crippen LogP) is 12.9. The van der Waals surface area contributed by atoms with Crippen molar-refractivity contribution in [2.24, 2.45) is 0 Å². The van der Waals surface area contributed by atoms with Gasteiger partial charge in [-0.05, 0) is 107 Å². The molecule has 1 aliphatic carbocycles. The second-order valence-electron chi connectivity index (χ2n) is 15.4. The molecule has 4 nitrogen and oxygen atoms in total. The molecule has 0 fully saturated rings. The van der Waals surface area contributed by atoms with E-state index in [9.17, 15) is 0 Å². The summed E-state index contributed by atoms with van der Waals surface area (Å²) in [5, 5.41) is 2.22. The summed E-state index contributed by atoms with van der Waals surface area (Å²) in [6, 6.07) is 59.7. The number of hydrogen-bond acceptors (Lipinski definition) is 4. The summed E-state index contributed by atoms with van der Waals surface area (Å²) in [6.07, 6.45) is 7.00. The molecule has 0 radical (unpaired) electrons. The quantitative estimate of drug-likeness (QED) is 0.160. The van der Waals surface area contributed by atoms with Crippen LogP contribution in [0.2, 0.25) is 0 Å². The highest BCUT2D eigenvalue weighted by atomic mass is 16.3. The van der Waals surface area contributed by atoms with Crippen LogP contribution in [-0.4, -0.2) is 6.71 Å². The molecule has 7 aromatic carbocycles. The van der Waals surface area contributed by atoms with Crippen molar-refractivity contribution >= 4 is 85.1 Å². The summed E-state index contributed by atoms with van der Waals surface area (Å²) in [7, 11) is 0. The largest absolute Gasteiger partial charge is 0.454 e. The number of anilines is 8. The van der Waals surface area contributed by atoms with E-state index in [4.69, 9.17) is 4.42 Å². The maximum absolute atomic E-state index is 6.79. The van der Waals surface area contributed by atoms with Crippen molar-refractivity contribution < 1.29 is 4.42 Å². The minimum Gasteiger partial charge on any atom is -0.454 e. The zero-order valence-corrected chi connectivity index (χ0v) is 31.6. The van der Waals surface area contributed by atoms with Gasteiger partial charge in [-0.2, -0.15) is 0 Å². The van der Waals surface area contributed by atoms with Crippen LogP contribution in [0.1, 0.15) is 38.2 Å². The monoisotopic (exact) mass is 721 g/mol. The van der Waals surface area contributed by atoms with Crippen molar-refractivity contribution in [2.45, 2.75) is 32.6 Å². The van der Waals surface area contributed by atoms with E-state index in [-0.39, 0.29) is 6.71 Å². The molecule has 11 rings (SSSR count). The van der Waals surface area contributed by atoms with Crippen molar-refractivity contribution in [1.82, 2.24) is 0 Å². The van der Waals surface area contributed by atoms with Crippen LogP contribution in [0.5, 0.6) is 0 Å². The van der Waals surface area contributed by atoms with Gasteiger partial charge in [0, 0.05) is 50.6 Å². The van der Waals surface area contributed by atoms with Gasteiger partial charge in [-0.3, -0.25) is 0 Å². The first kappa shape index (κ1) is 32.7. The fraction of sp³-hybridized carbons (Fsp3) is 0.0980. The van der Waals surface area contributed by atoms with E-state index in [1.54, 1.807) is 0 Å². The van der Waals surface area contributed by atoms with E-state index >= 15 is 0 Å². The molecule has 0 amide bonds. The van der Waals surface area contributed by atoms with Gasteiger partial charge in [-0.1, -0.05) is 123 Å². The lowest BCUT2D eigenvalue weighted by atomic mass is 9.32. The Morgan fingerprint density at radius 3 is 1.98 bits per heavy atom. The third-order valence-corrected chi connectivity index (χ3v) is 11.8. The molecule has 3 aliphatic rings. The molecule has 3 heterocycles. The van der Waals surface area contributed by atoms with Crippen LogP contribution >= 0.6 is 0 Å². The SMILES string of the molecule is CC(C)c1ccc(N(c2cc3c4c(c2)N(c2ccccc2)c2ccccc2B4C2=CCCC=C2N3c2ccccc2)c2cccc3c2oc2ccccc23)cc1. The third-order valence-electron chi connectivity index (χ3n) is 11.8. The fourth-order valence-electron chi connectivity index (χ4n) is 9.30. The lowest BCUT2D eigenvalue weighted by molar-refractivity contribution is 0.669. The Balaban J connectivity index is 1.26. The third kappa shape index (κ3) is 5.00. The zero-order valence-electron chi connectivity index (χ0n) is 31.6. The Kier molecular flexibility index (Phi) is 7.56. The van der Waals surface area contributed by atoms with Crippen LogP contribution in [-0.2, 0) is 0 Å². The van der Waals surface area contributed by atoms with E-state index in [1.807, 2.05) is 6.07 Å². The minimum atomic E-state index is 0.0919. The topological polar surface area (TPSA) is 22.9 Å². The summed E-state index contributed by atoms with van der Waals surface area (Å²) in [4.78, 5) is 7.41. The average Bonchev–Trinajstić information content (AvgIpc) is 3.64. The molecule has 5 heteroatoms. The van der Waals surface area contributed by atoms with Gasteiger partial charge in [0.1, 0.15) is 5.58 Å². The second-order valence-corrected chi connectivity index (χ2v) is 15.4. The van der Waals surface area contributed by atoms with Gasteiger partial charge in [0.15, 0.2) is 5.58 Å². The molecule has 0 spiro atoms. The number of hydrogen-bond donors (Lipinski definition) is 0. The van der Waals surface area contributed by atoms with E-state index in [0.29, 0.717) is 5.92 Å². The molecule has 8 aromatic rings. The molecular weight excluding hydrogens is 681 g/mol. The molecule has 0 saturated heterocycles. The smallest absolute Gasteiger partial charge is 0.251 e. The Hall–Kier alpha value is -6.72. The zero-order chi connectivity index (χ0) is 37.3. The van der Waals surface area contributed by atoms with Crippen LogP contribution < -0.4 is 25.6 Å². The Morgan fingerprint density at radius 2 is 1.21 bits per heavy atom. The summed E-state index contributed by atoms with van der Waals surface area (Å²) >= 11 is 0. The van der Waals surface area contributed by atoms with Crippen LogP contribution in [0, 0.1) is 0 Å². The average molecular weight is 722 g/mol. The highest BCUT2D eigenvalue weighted by Gasteiger charge is 2.45. The van der Waals surface area contributed by atoms with Crippen LogP contribution in [0.25, 0.3) is 21.9 Å². The number of furan rings is 1. The molecule has 0 N–H and O–H groups in total. The van der Waals surface area contributed by atoms with Gasteiger partial charge in [0.05, 0.1) is 11.4 Å².